The Hall–Kier alpha value is -3.48. The highest BCUT2D eigenvalue weighted by Gasteiger charge is 2.15. The first-order chi connectivity index (χ1) is 12.5. The van der Waals surface area contributed by atoms with Crippen molar-refractivity contribution < 1.29 is 14.3 Å². The van der Waals surface area contributed by atoms with Gasteiger partial charge in [0.25, 0.3) is 11.8 Å². The normalized spacial score (nSPS) is 10.4. The van der Waals surface area contributed by atoms with Crippen LogP contribution in [0, 0.1) is 0 Å². The summed E-state index contributed by atoms with van der Waals surface area (Å²) in [6, 6.07) is 12.2. The van der Waals surface area contributed by atoms with Crippen LogP contribution in [0.4, 0.5) is 5.69 Å². The van der Waals surface area contributed by atoms with Crippen LogP contribution < -0.4 is 10.1 Å². The van der Waals surface area contributed by atoms with Crippen LogP contribution in [0.25, 0.3) is 11.0 Å². The number of para-hydroxylation sites is 2. The Morgan fingerprint density at radius 2 is 1.81 bits per heavy atom. The number of rotatable bonds is 4. The highest BCUT2D eigenvalue weighted by Crippen LogP contribution is 2.26. The number of hydrogen-bond acceptors (Lipinski definition) is 5. The van der Waals surface area contributed by atoms with Gasteiger partial charge in [-0.25, -0.2) is 4.98 Å². The van der Waals surface area contributed by atoms with Crippen LogP contribution in [-0.4, -0.2) is 47.9 Å². The van der Waals surface area contributed by atoms with Gasteiger partial charge in [0, 0.05) is 19.7 Å². The zero-order chi connectivity index (χ0) is 18.7. The maximum atomic E-state index is 12.5. The van der Waals surface area contributed by atoms with Crippen LogP contribution in [0.2, 0.25) is 0 Å². The molecule has 0 radical (unpaired) electrons. The third kappa shape index (κ3) is 3.46. The highest BCUT2D eigenvalue weighted by molar-refractivity contribution is 6.05. The Labute approximate surface area is 150 Å². The molecular formula is C19H18N4O3. The van der Waals surface area contributed by atoms with Gasteiger partial charge in [-0.1, -0.05) is 12.1 Å². The van der Waals surface area contributed by atoms with Gasteiger partial charge < -0.3 is 15.0 Å². The van der Waals surface area contributed by atoms with Crippen molar-refractivity contribution in [1.82, 2.24) is 14.9 Å². The second kappa shape index (κ2) is 7.18. The molecule has 0 unspecified atom stereocenters. The van der Waals surface area contributed by atoms with Crippen molar-refractivity contribution in [2.75, 3.05) is 26.5 Å². The van der Waals surface area contributed by atoms with Gasteiger partial charge in [0.15, 0.2) is 0 Å². The number of nitrogens with one attached hydrogen (secondary N) is 1. The Morgan fingerprint density at radius 3 is 2.50 bits per heavy atom. The molecule has 1 heterocycles. The molecule has 2 aromatic carbocycles. The smallest absolute Gasteiger partial charge is 0.275 e. The predicted octanol–water partition coefficient (Wildman–Crippen LogP) is 2.59. The van der Waals surface area contributed by atoms with Gasteiger partial charge in [-0.15, -0.1) is 0 Å². The average molecular weight is 350 g/mol. The van der Waals surface area contributed by atoms with Gasteiger partial charge in [-0.2, -0.15) is 0 Å². The zero-order valence-electron chi connectivity index (χ0n) is 14.7. The summed E-state index contributed by atoms with van der Waals surface area (Å²) in [7, 11) is 4.82. The van der Waals surface area contributed by atoms with E-state index in [9.17, 15) is 9.59 Å². The quantitative estimate of drug-likeness (QED) is 0.782. The van der Waals surface area contributed by atoms with Crippen LogP contribution in [-0.2, 0) is 0 Å². The van der Waals surface area contributed by atoms with E-state index < -0.39 is 5.91 Å². The van der Waals surface area contributed by atoms with Crippen molar-refractivity contribution in [3.63, 3.8) is 0 Å². The summed E-state index contributed by atoms with van der Waals surface area (Å²) < 4.78 is 5.30. The predicted molar refractivity (Wildman–Crippen MR) is 98.5 cm³/mol. The molecule has 0 fully saturated rings. The third-order valence-corrected chi connectivity index (χ3v) is 3.78. The number of hydrogen-bond donors (Lipinski definition) is 1. The summed E-state index contributed by atoms with van der Waals surface area (Å²) in [6.07, 6.45) is 1.42. The standard InChI is InChI=1S/C19H18N4O3/c1-23(2)19(25)12-8-9-15(17(10-12)26-3)22-18(24)16-11-20-13-6-4-5-7-14(13)21-16/h4-11H,1-3H3,(H,22,24). The van der Waals surface area contributed by atoms with E-state index in [1.807, 2.05) is 18.2 Å². The molecule has 26 heavy (non-hydrogen) atoms. The van der Waals surface area contributed by atoms with E-state index in [0.717, 1.165) is 0 Å². The number of carbonyl (C=O) groups is 2. The monoisotopic (exact) mass is 350 g/mol. The number of anilines is 1. The van der Waals surface area contributed by atoms with Crippen LogP contribution in [0.5, 0.6) is 5.75 Å². The van der Waals surface area contributed by atoms with Gasteiger partial charge in [-0.3, -0.25) is 14.6 Å². The molecule has 2 amide bonds. The highest BCUT2D eigenvalue weighted by atomic mass is 16.5. The Morgan fingerprint density at radius 1 is 1.08 bits per heavy atom. The fraction of sp³-hybridized carbons (Fsp3) is 0.158. The largest absolute Gasteiger partial charge is 0.495 e. The first kappa shape index (κ1) is 17.3. The maximum Gasteiger partial charge on any atom is 0.275 e. The molecule has 7 heteroatoms. The number of methoxy groups -OCH3 is 1. The van der Waals surface area contributed by atoms with Crippen molar-refractivity contribution in [2.24, 2.45) is 0 Å². The summed E-state index contributed by atoms with van der Waals surface area (Å²) >= 11 is 0. The number of ether oxygens (including phenoxy) is 1. The maximum absolute atomic E-state index is 12.5. The number of amides is 2. The van der Waals surface area contributed by atoms with Gasteiger partial charge >= 0.3 is 0 Å². The minimum Gasteiger partial charge on any atom is -0.495 e. The van der Waals surface area contributed by atoms with Crippen LogP contribution in [0.1, 0.15) is 20.8 Å². The van der Waals surface area contributed by atoms with Crippen molar-refractivity contribution in [3.8, 4) is 5.75 Å². The van der Waals surface area contributed by atoms with Crippen molar-refractivity contribution in [2.45, 2.75) is 0 Å². The van der Waals surface area contributed by atoms with Crippen LogP contribution >= 0.6 is 0 Å². The molecule has 1 N–H and O–H groups in total. The summed E-state index contributed by atoms with van der Waals surface area (Å²) in [6.45, 7) is 0. The van der Waals surface area contributed by atoms with Gasteiger partial charge in [0.05, 0.1) is 30.0 Å². The minimum absolute atomic E-state index is 0.151. The topological polar surface area (TPSA) is 84.4 Å². The SMILES string of the molecule is COc1cc(C(=O)N(C)C)ccc1NC(=O)c1cnc2ccccc2n1. The Kier molecular flexibility index (Phi) is 4.79. The van der Waals surface area contributed by atoms with Gasteiger partial charge in [0.1, 0.15) is 11.4 Å². The molecule has 1 aromatic heterocycles. The van der Waals surface area contributed by atoms with Gasteiger partial charge in [-0.05, 0) is 30.3 Å². The molecule has 0 atom stereocenters. The molecule has 0 saturated carbocycles. The lowest BCUT2D eigenvalue weighted by atomic mass is 10.1. The molecule has 0 aliphatic rings. The van der Waals surface area contributed by atoms with E-state index in [1.165, 1.54) is 18.2 Å². The summed E-state index contributed by atoms with van der Waals surface area (Å²) in [5.74, 6) is -0.172. The van der Waals surface area contributed by atoms with Crippen molar-refractivity contribution in [1.29, 1.82) is 0 Å². The lowest BCUT2D eigenvalue weighted by molar-refractivity contribution is 0.0827. The molecule has 0 bridgehead atoms. The van der Waals surface area contributed by atoms with E-state index in [-0.39, 0.29) is 11.6 Å². The van der Waals surface area contributed by atoms with E-state index in [4.69, 9.17) is 4.74 Å². The second-order valence-corrected chi connectivity index (χ2v) is 5.81. The second-order valence-electron chi connectivity index (χ2n) is 5.81. The summed E-state index contributed by atoms with van der Waals surface area (Å²) in [5, 5.41) is 2.75. The molecule has 132 valence electrons. The molecule has 0 spiro atoms. The fourth-order valence-electron chi connectivity index (χ4n) is 2.44. The summed E-state index contributed by atoms with van der Waals surface area (Å²) in [4.78, 5) is 34.6. The van der Waals surface area contributed by atoms with E-state index in [2.05, 4.69) is 15.3 Å². The minimum atomic E-state index is -0.409. The van der Waals surface area contributed by atoms with E-state index in [1.54, 1.807) is 38.4 Å². The van der Waals surface area contributed by atoms with Gasteiger partial charge in [0.2, 0.25) is 0 Å². The van der Waals surface area contributed by atoms with Crippen LogP contribution in [0.15, 0.2) is 48.7 Å². The van der Waals surface area contributed by atoms with Crippen molar-refractivity contribution >= 4 is 28.5 Å². The van der Waals surface area contributed by atoms with E-state index in [0.29, 0.717) is 28.0 Å². The fourth-order valence-corrected chi connectivity index (χ4v) is 2.44. The first-order valence-corrected chi connectivity index (χ1v) is 7.92. The Bertz CT molecular complexity index is 985. The molecule has 0 aliphatic heterocycles. The molecular weight excluding hydrogens is 332 g/mol. The molecule has 7 nitrogen and oxygen atoms in total. The Balaban J connectivity index is 1.87. The molecule has 3 aromatic rings. The zero-order valence-corrected chi connectivity index (χ0v) is 14.7. The average Bonchev–Trinajstić information content (AvgIpc) is 2.67. The number of benzene rings is 2. The van der Waals surface area contributed by atoms with E-state index >= 15 is 0 Å². The lowest BCUT2D eigenvalue weighted by Gasteiger charge is -2.14. The first-order valence-electron chi connectivity index (χ1n) is 7.92. The number of nitrogens with zero attached hydrogens (tertiary/aromatic N) is 3. The summed E-state index contributed by atoms with van der Waals surface area (Å²) in [5.41, 5.74) is 2.46. The number of carbonyl (C=O) groups excluding carboxylic acids is 2. The lowest BCUT2D eigenvalue weighted by Crippen LogP contribution is -2.22. The van der Waals surface area contributed by atoms with Crippen molar-refractivity contribution in [3.05, 3.63) is 59.9 Å². The third-order valence-electron chi connectivity index (χ3n) is 3.78. The molecule has 0 aliphatic carbocycles. The molecule has 3 rings (SSSR count). The number of fused-ring (bicyclic) bond motifs is 1. The molecule has 0 saturated heterocycles. The number of aromatic nitrogens is 2. The van der Waals surface area contributed by atoms with Crippen LogP contribution in [0.3, 0.4) is 0 Å².